The molecule has 2 N–H and O–H groups in total. The molecule has 0 bridgehead atoms. The third-order valence-corrected chi connectivity index (χ3v) is 2.66. The second-order valence-corrected chi connectivity index (χ2v) is 4.04. The Morgan fingerprint density at radius 3 is 2.67 bits per heavy atom. The quantitative estimate of drug-likeness (QED) is 0.841. The van der Waals surface area contributed by atoms with E-state index in [4.69, 9.17) is 5.73 Å². The van der Waals surface area contributed by atoms with Gasteiger partial charge in [-0.1, -0.05) is 30.3 Å². The zero-order valence-corrected chi connectivity index (χ0v) is 9.71. The molecule has 0 aliphatic heterocycles. The van der Waals surface area contributed by atoms with Crippen molar-refractivity contribution >= 4 is 5.78 Å². The highest BCUT2D eigenvalue weighted by Gasteiger charge is 2.13. The maximum atomic E-state index is 12.9. The molecule has 1 heterocycles. The van der Waals surface area contributed by atoms with Crippen molar-refractivity contribution in [2.24, 2.45) is 5.73 Å². The summed E-state index contributed by atoms with van der Waals surface area (Å²) in [5, 5.41) is 0. The molecule has 1 aromatic carbocycles. The number of carbonyl (C=O) groups is 1. The van der Waals surface area contributed by atoms with Gasteiger partial charge >= 0.3 is 0 Å². The lowest BCUT2D eigenvalue weighted by Crippen LogP contribution is -2.15. The van der Waals surface area contributed by atoms with E-state index in [0.29, 0.717) is 0 Å². The summed E-state index contributed by atoms with van der Waals surface area (Å²) in [5.74, 6) is -0.729. The second kappa shape index (κ2) is 5.51. The minimum Gasteiger partial charge on any atom is -0.324 e. The molecule has 4 heteroatoms. The van der Waals surface area contributed by atoms with Crippen LogP contribution in [0.15, 0.2) is 48.8 Å². The van der Waals surface area contributed by atoms with Crippen LogP contribution < -0.4 is 5.73 Å². The number of pyridine rings is 1. The molecule has 2 rings (SSSR count). The minimum absolute atomic E-state index is 0.134. The van der Waals surface area contributed by atoms with E-state index in [9.17, 15) is 9.18 Å². The van der Waals surface area contributed by atoms with Crippen molar-refractivity contribution in [2.75, 3.05) is 0 Å². The molecule has 0 spiro atoms. The Morgan fingerprint density at radius 1 is 1.28 bits per heavy atom. The van der Waals surface area contributed by atoms with Crippen LogP contribution in [0.2, 0.25) is 0 Å². The van der Waals surface area contributed by atoms with Gasteiger partial charge in [-0.05, 0) is 11.6 Å². The summed E-state index contributed by atoms with van der Waals surface area (Å²) in [6.07, 6.45) is 2.55. The maximum Gasteiger partial charge on any atom is 0.166 e. The Morgan fingerprint density at radius 2 is 2.00 bits per heavy atom. The fourth-order valence-electron chi connectivity index (χ4n) is 1.70. The molecular formula is C14H13FN2O. The molecule has 0 aliphatic rings. The fourth-order valence-corrected chi connectivity index (χ4v) is 1.70. The molecule has 18 heavy (non-hydrogen) atoms. The van der Waals surface area contributed by atoms with Crippen LogP contribution in [0.3, 0.4) is 0 Å². The number of carbonyl (C=O) groups excluding carboxylic acids is 1. The lowest BCUT2D eigenvalue weighted by molar-refractivity contribution is 0.0973. The van der Waals surface area contributed by atoms with Crippen molar-refractivity contribution in [3.05, 3.63) is 65.7 Å². The van der Waals surface area contributed by atoms with Gasteiger partial charge in [-0.3, -0.25) is 9.78 Å². The predicted molar refractivity (Wildman–Crippen MR) is 66.5 cm³/mol. The topological polar surface area (TPSA) is 56.0 Å². The van der Waals surface area contributed by atoms with Gasteiger partial charge < -0.3 is 5.73 Å². The lowest BCUT2D eigenvalue weighted by atomic mass is 9.99. The van der Waals surface area contributed by atoms with E-state index in [-0.39, 0.29) is 23.8 Å². The summed E-state index contributed by atoms with van der Waals surface area (Å²) in [6.45, 7) is 0. The molecule has 1 unspecified atom stereocenters. The number of Topliss-reactive ketones (excluding diaryl/α,β-unsaturated/α-hetero) is 1. The molecule has 0 radical (unpaired) electrons. The van der Waals surface area contributed by atoms with Gasteiger partial charge in [0, 0.05) is 24.2 Å². The number of rotatable bonds is 4. The van der Waals surface area contributed by atoms with Gasteiger partial charge in [0.2, 0.25) is 0 Å². The SMILES string of the molecule is NC(CC(=O)c1cncc(F)c1)c1ccccc1. The van der Waals surface area contributed by atoms with Crippen LogP contribution in [0.25, 0.3) is 0 Å². The van der Waals surface area contributed by atoms with E-state index in [1.165, 1.54) is 12.3 Å². The molecule has 2 aromatic rings. The van der Waals surface area contributed by atoms with Gasteiger partial charge in [0.15, 0.2) is 5.78 Å². The molecular weight excluding hydrogens is 231 g/mol. The van der Waals surface area contributed by atoms with Gasteiger partial charge in [-0.15, -0.1) is 0 Å². The molecule has 0 fully saturated rings. The summed E-state index contributed by atoms with van der Waals surface area (Å²) in [5.41, 5.74) is 7.07. The first-order chi connectivity index (χ1) is 8.66. The highest BCUT2D eigenvalue weighted by Crippen LogP contribution is 2.16. The largest absolute Gasteiger partial charge is 0.324 e. The average Bonchev–Trinajstić information content (AvgIpc) is 2.39. The molecule has 1 atom stereocenters. The first-order valence-corrected chi connectivity index (χ1v) is 5.61. The Balaban J connectivity index is 2.08. The van der Waals surface area contributed by atoms with Crippen molar-refractivity contribution in [1.29, 1.82) is 0 Å². The molecule has 0 saturated carbocycles. The number of halogens is 1. The molecule has 1 aromatic heterocycles. The Kier molecular flexibility index (Phi) is 3.79. The summed E-state index contributed by atoms with van der Waals surface area (Å²) >= 11 is 0. The fraction of sp³-hybridized carbons (Fsp3) is 0.143. The summed E-state index contributed by atoms with van der Waals surface area (Å²) in [6, 6.07) is 10.1. The number of aromatic nitrogens is 1. The van der Waals surface area contributed by atoms with Gasteiger partial charge in [-0.2, -0.15) is 0 Å². The normalized spacial score (nSPS) is 12.1. The lowest BCUT2D eigenvalue weighted by Gasteiger charge is -2.10. The Labute approximate surface area is 104 Å². The number of nitrogens with zero attached hydrogens (tertiary/aromatic N) is 1. The van der Waals surface area contributed by atoms with Crippen molar-refractivity contribution < 1.29 is 9.18 Å². The summed E-state index contributed by atoms with van der Waals surface area (Å²) in [7, 11) is 0. The highest BCUT2D eigenvalue weighted by atomic mass is 19.1. The molecule has 0 aliphatic carbocycles. The van der Waals surface area contributed by atoms with Crippen molar-refractivity contribution in [2.45, 2.75) is 12.5 Å². The van der Waals surface area contributed by atoms with E-state index in [1.807, 2.05) is 30.3 Å². The number of benzene rings is 1. The summed E-state index contributed by atoms with van der Waals surface area (Å²) < 4.78 is 12.9. The smallest absolute Gasteiger partial charge is 0.166 e. The van der Waals surface area contributed by atoms with Gasteiger partial charge in [0.25, 0.3) is 0 Å². The zero-order valence-electron chi connectivity index (χ0n) is 9.71. The number of hydrogen-bond acceptors (Lipinski definition) is 3. The van der Waals surface area contributed by atoms with Gasteiger partial charge in [-0.25, -0.2) is 4.39 Å². The second-order valence-electron chi connectivity index (χ2n) is 4.04. The van der Waals surface area contributed by atoms with Gasteiger partial charge in [0.05, 0.1) is 6.20 Å². The first kappa shape index (κ1) is 12.4. The van der Waals surface area contributed by atoms with E-state index in [0.717, 1.165) is 11.8 Å². The van der Waals surface area contributed by atoms with Crippen molar-refractivity contribution in [3.63, 3.8) is 0 Å². The van der Waals surface area contributed by atoms with E-state index in [1.54, 1.807) is 0 Å². The highest BCUT2D eigenvalue weighted by molar-refractivity contribution is 5.96. The third kappa shape index (κ3) is 2.99. The van der Waals surface area contributed by atoms with E-state index < -0.39 is 5.82 Å². The van der Waals surface area contributed by atoms with Crippen LogP contribution in [0, 0.1) is 5.82 Å². The number of nitrogens with two attached hydrogens (primary N) is 1. The predicted octanol–water partition coefficient (Wildman–Crippen LogP) is 2.49. The van der Waals surface area contributed by atoms with E-state index >= 15 is 0 Å². The van der Waals surface area contributed by atoms with Crippen LogP contribution in [0.1, 0.15) is 28.4 Å². The average molecular weight is 244 g/mol. The first-order valence-electron chi connectivity index (χ1n) is 5.61. The Hall–Kier alpha value is -2.07. The van der Waals surface area contributed by atoms with Crippen LogP contribution in [0.4, 0.5) is 4.39 Å². The van der Waals surface area contributed by atoms with E-state index in [2.05, 4.69) is 4.98 Å². The Bertz CT molecular complexity index is 543. The molecule has 0 saturated heterocycles. The number of hydrogen-bond donors (Lipinski definition) is 1. The van der Waals surface area contributed by atoms with Crippen LogP contribution in [-0.4, -0.2) is 10.8 Å². The van der Waals surface area contributed by atoms with Crippen LogP contribution >= 0.6 is 0 Å². The standard InChI is InChI=1S/C14H13FN2O/c15-12-6-11(8-17-9-12)14(18)7-13(16)10-4-2-1-3-5-10/h1-6,8-9,13H,7,16H2. The molecule has 3 nitrogen and oxygen atoms in total. The zero-order chi connectivity index (χ0) is 13.0. The summed E-state index contributed by atoms with van der Waals surface area (Å²) in [4.78, 5) is 15.5. The monoisotopic (exact) mass is 244 g/mol. The van der Waals surface area contributed by atoms with Crippen LogP contribution in [-0.2, 0) is 0 Å². The maximum absolute atomic E-state index is 12.9. The minimum atomic E-state index is -0.519. The van der Waals surface area contributed by atoms with Crippen LogP contribution in [0.5, 0.6) is 0 Å². The number of ketones is 1. The van der Waals surface area contributed by atoms with Crippen molar-refractivity contribution in [1.82, 2.24) is 4.98 Å². The van der Waals surface area contributed by atoms with Crippen molar-refractivity contribution in [3.8, 4) is 0 Å². The van der Waals surface area contributed by atoms with Gasteiger partial charge in [0.1, 0.15) is 5.82 Å². The third-order valence-electron chi connectivity index (χ3n) is 2.66. The molecule has 0 amide bonds. The molecule has 92 valence electrons.